The zero-order valence-electron chi connectivity index (χ0n) is 16.3. The van der Waals surface area contributed by atoms with Crippen molar-refractivity contribution in [3.05, 3.63) is 64.4 Å². The minimum Gasteiger partial charge on any atom is -0.497 e. The van der Waals surface area contributed by atoms with Crippen LogP contribution in [0.2, 0.25) is 5.02 Å². The summed E-state index contributed by atoms with van der Waals surface area (Å²) in [5.74, 6) is -0.566. The topological polar surface area (TPSA) is 65.1 Å². The SMILES string of the molecule is COc1ccc(/C=C/C(=O)OCC(=O)N(C)Cc2c(F)cccc2Cl)c(OC)c1. The van der Waals surface area contributed by atoms with Gasteiger partial charge in [-0.05, 0) is 30.3 Å². The summed E-state index contributed by atoms with van der Waals surface area (Å²) in [6.07, 6.45) is 2.69. The molecule has 0 saturated carbocycles. The molecule has 0 saturated heterocycles. The van der Waals surface area contributed by atoms with Crippen LogP contribution in [0.25, 0.3) is 6.08 Å². The third kappa shape index (κ3) is 6.22. The Balaban J connectivity index is 1.91. The molecule has 0 spiro atoms. The fraction of sp³-hybridized carbons (Fsp3) is 0.238. The van der Waals surface area contributed by atoms with Gasteiger partial charge in [-0.15, -0.1) is 0 Å². The van der Waals surface area contributed by atoms with Crippen molar-refractivity contribution in [1.82, 2.24) is 4.90 Å². The number of carbonyl (C=O) groups excluding carboxylic acids is 2. The lowest BCUT2D eigenvalue weighted by molar-refractivity contribution is -0.147. The third-order valence-electron chi connectivity index (χ3n) is 4.06. The first-order valence-electron chi connectivity index (χ1n) is 8.59. The van der Waals surface area contributed by atoms with E-state index in [0.29, 0.717) is 17.1 Å². The minimum absolute atomic E-state index is 0.0409. The van der Waals surface area contributed by atoms with Crippen molar-refractivity contribution in [2.75, 3.05) is 27.9 Å². The Kier molecular flexibility index (Phi) is 8.03. The van der Waals surface area contributed by atoms with Crippen molar-refractivity contribution in [2.24, 2.45) is 0 Å². The highest BCUT2D eigenvalue weighted by molar-refractivity contribution is 6.31. The van der Waals surface area contributed by atoms with E-state index in [1.54, 1.807) is 18.2 Å². The van der Waals surface area contributed by atoms with Crippen LogP contribution in [0.3, 0.4) is 0 Å². The number of carbonyl (C=O) groups is 2. The summed E-state index contributed by atoms with van der Waals surface area (Å²) < 4.78 is 29.1. The maximum absolute atomic E-state index is 13.8. The van der Waals surface area contributed by atoms with E-state index in [2.05, 4.69) is 0 Å². The Morgan fingerprint density at radius 2 is 1.93 bits per heavy atom. The summed E-state index contributed by atoms with van der Waals surface area (Å²) in [7, 11) is 4.51. The standard InChI is InChI=1S/C21H21ClFNO5/c1-24(12-16-17(22)5-4-6-18(16)23)20(25)13-29-21(26)10-8-14-7-9-15(27-2)11-19(14)28-3/h4-11H,12-13H2,1-3H3/b10-8+. The first kappa shape index (κ1) is 22.2. The van der Waals surface area contributed by atoms with Gasteiger partial charge in [-0.25, -0.2) is 9.18 Å². The maximum atomic E-state index is 13.8. The molecule has 1 amide bonds. The smallest absolute Gasteiger partial charge is 0.331 e. The summed E-state index contributed by atoms with van der Waals surface area (Å²) in [5.41, 5.74) is 0.839. The number of methoxy groups -OCH3 is 2. The van der Waals surface area contributed by atoms with Gasteiger partial charge in [-0.2, -0.15) is 0 Å². The molecule has 0 N–H and O–H groups in total. The van der Waals surface area contributed by atoms with Gasteiger partial charge in [0.1, 0.15) is 17.3 Å². The van der Waals surface area contributed by atoms with Crippen molar-refractivity contribution in [3.8, 4) is 11.5 Å². The molecule has 0 radical (unpaired) electrons. The van der Waals surface area contributed by atoms with E-state index >= 15 is 0 Å². The van der Waals surface area contributed by atoms with Gasteiger partial charge in [0.15, 0.2) is 6.61 Å². The van der Waals surface area contributed by atoms with Crippen molar-refractivity contribution in [1.29, 1.82) is 0 Å². The highest BCUT2D eigenvalue weighted by atomic mass is 35.5. The molecule has 0 unspecified atom stereocenters. The zero-order valence-corrected chi connectivity index (χ0v) is 17.0. The molecular weight excluding hydrogens is 401 g/mol. The molecule has 0 aromatic heterocycles. The second kappa shape index (κ2) is 10.5. The van der Waals surface area contributed by atoms with Crippen LogP contribution in [0.1, 0.15) is 11.1 Å². The van der Waals surface area contributed by atoms with Crippen LogP contribution in [0.4, 0.5) is 4.39 Å². The van der Waals surface area contributed by atoms with Crippen LogP contribution >= 0.6 is 11.6 Å². The molecule has 0 atom stereocenters. The highest BCUT2D eigenvalue weighted by Gasteiger charge is 2.15. The number of esters is 1. The number of benzene rings is 2. The fourth-order valence-corrected chi connectivity index (χ4v) is 2.64. The van der Waals surface area contributed by atoms with E-state index in [1.165, 1.54) is 56.5 Å². The van der Waals surface area contributed by atoms with Crippen LogP contribution in [0.15, 0.2) is 42.5 Å². The van der Waals surface area contributed by atoms with E-state index in [1.807, 2.05) is 0 Å². The lowest BCUT2D eigenvalue weighted by Gasteiger charge is -2.18. The van der Waals surface area contributed by atoms with Gasteiger partial charge in [0.25, 0.3) is 5.91 Å². The quantitative estimate of drug-likeness (QED) is 0.480. The molecule has 6 nitrogen and oxygen atoms in total. The minimum atomic E-state index is -0.700. The lowest BCUT2D eigenvalue weighted by Crippen LogP contribution is -2.31. The number of hydrogen-bond acceptors (Lipinski definition) is 5. The van der Waals surface area contributed by atoms with E-state index in [9.17, 15) is 14.0 Å². The Hall–Kier alpha value is -3.06. The second-order valence-corrected chi connectivity index (χ2v) is 6.41. The molecule has 0 aliphatic carbocycles. The van der Waals surface area contributed by atoms with Crippen LogP contribution in [0.5, 0.6) is 11.5 Å². The molecule has 29 heavy (non-hydrogen) atoms. The van der Waals surface area contributed by atoms with Gasteiger partial charge < -0.3 is 19.1 Å². The Morgan fingerprint density at radius 1 is 1.17 bits per heavy atom. The molecule has 0 bridgehead atoms. The van der Waals surface area contributed by atoms with Gasteiger partial charge in [0, 0.05) is 41.9 Å². The van der Waals surface area contributed by atoms with Crippen molar-refractivity contribution >= 4 is 29.6 Å². The Labute approximate surface area is 173 Å². The van der Waals surface area contributed by atoms with Crippen molar-refractivity contribution in [2.45, 2.75) is 6.54 Å². The molecule has 8 heteroatoms. The maximum Gasteiger partial charge on any atom is 0.331 e. The summed E-state index contributed by atoms with van der Waals surface area (Å²) in [4.78, 5) is 25.3. The largest absolute Gasteiger partial charge is 0.497 e. The van der Waals surface area contributed by atoms with E-state index in [4.69, 9.17) is 25.8 Å². The number of ether oxygens (including phenoxy) is 3. The number of amides is 1. The molecule has 2 aromatic rings. The number of likely N-dealkylation sites (N-methyl/N-ethyl adjacent to an activating group) is 1. The van der Waals surface area contributed by atoms with Gasteiger partial charge in [-0.3, -0.25) is 4.79 Å². The van der Waals surface area contributed by atoms with Crippen LogP contribution in [0, 0.1) is 5.82 Å². The zero-order chi connectivity index (χ0) is 21.4. The lowest BCUT2D eigenvalue weighted by atomic mass is 10.2. The van der Waals surface area contributed by atoms with E-state index in [0.717, 1.165) is 0 Å². The van der Waals surface area contributed by atoms with Crippen LogP contribution < -0.4 is 9.47 Å². The molecule has 2 aromatic carbocycles. The van der Waals surface area contributed by atoms with E-state index < -0.39 is 24.3 Å². The molecule has 0 fully saturated rings. The average Bonchev–Trinajstić information content (AvgIpc) is 2.72. The van der Waals surface area contributed by atoms with Crippen LogP contribution in [-0.4, -0.2) is 44.7 Å². The van der Waals surface area contributed by atoms with E-state index in [-0.39, 0.29) is 17.1 Å². The van der Waals surface area contributed by atoms with Crippen molar-refractivity contribution in [3.63, 3.8) is 0 Å². The number of nitrogens with zero attached hydrogens (tertiary/aromatic N) is 1. The van der Waals surface area contributed by atoms with Gasteiger partial charge in [-0.1, -0.05) is 17.7 Å². The Morgan fingerprint density at radius 3 is 2.59 bits per heavy atom. The first-order chi connectivity index (χ1) is 13.8. The predicted molar refractivity (Wildman–Crippen MR) is 107 cm³/mol. The van der Waals surface area contributed by atoms with Gasteiger partial charge in [0.2, 0.25) is 0 Å². The van der Waals surface area contributed by atoms with Gasteiger partial charge in [0.05, 0.1) is 14.2 Å². The summed E-state index contributed by atoms with van der Waals surface area (Å²) in [6, 6.07) is 9.40. The van der Waals surface area contributed by atoms with Gasteiger partial charge >= 0.3 is 5.97 Å². The normalized spacial score (nSPS) is 10.7. The van der Waals surface area contributed by atoms with Crippen LogP contribution in [-0.2, 0) is 20.9 Å². The average molecular weight is 422 g/mol. The number of hydrogen-bond donors (Lipinski definition) is 0. The fourth-order valence-electron chi connectivity index (χ4n) is 2.41. The summed E-state index contributed by atoms with van der Waals surface area (Å²) in [5, 5.41) is 0.220. The number of rotatable bonds is 8. The first-order valence-corrected chi connectivity index (χ1v) is 8.97. The molecular formula is C21H21ClFNO5. The molecule has 2 rings (SSSR count). The predicted octanol–water partition coefficient (Wildman–Crippen LogP) is 3.71. The third-order valence-corrected chi connectivity index (χ3v) is 4.41. The summed E-state index contributed by atoms with van der Waals surface area (Å²) in [6.45, 7) is -0.522. The van der Waals surface area contributed by atoms with Crippen molar-refractivity contribution < 1.29 is 28.2 Å². The monoisotopic (exact) mass is 421 g/mol. The number of halogens is 2. The Bertz CT molecular complexity index is 896. The molecule has 0 heterocycles. The summed E-state index contributed by atoms with van der Waals surface area (Å²) >= 11 is 5.96. The molecule has 154 valence electrons. The molecule has 0 aliphatic rings. The highest BCUT2D eigenvalue weighted by Crippen LogP contribution is 2.25. The molecule has 0 aliphatic heterocycles. The second-order valence-electron chi connectivity index (χ2n) is 6.00.